The highest BCUT2D eigenvalue weighted by atomic mass is 32.1. The summed E-state index contributed by atoms with van der Waals surface area (Å²) in [6.07, 6.45) is 0. The molecule has 0 saturated heterocycles. The molecule has 0 unspecified atom stereocenters. The summed E-state index contributed by atoms with van der Waals surface area (Å²) in [4.78, 5) is 0. The van der Waals surface area contributed by atoms with Crippen molar-refractivity contribution in [1.29, 1.82) is 0 Å². The van der Waals surface area contributed by atoms with Gasteiger partial charge in [0.25, 0.3) is 0 Å². The lowest BCUT2D eigenvalue weighted by Gasteiger charge is -2.12. The zero-order valence-electron chi connectivity index (χ0n) is 9.80. The van der Waals surface area contributed by atoms with Crippen molar-refractivity contribution in [1.82, 2.24) is 5.32 Å². The second kappa shape index (κ2) is 5.80. The minimum Gasteiger partial charge on any atom is -0.362 e. The molecule has 1 rings (SSSR count). The third kappa shape index (κ3) is 4.14. The van der Waals surface area contributed by atoms with Crippen molar-refractivity contribution in [3.05, 3.63) is 29.6 Å². The first-order valence-corrected chi connectivity index (χ1v) is 5.71. The molecule has 2 N–H and O–H groups in total. The zero-order chi connectivity index (χ0) is 12.1. The summed E-state index contributed by atoms with van der Waals surface area (Å²) >= 11 is 5.06. The Hall–Kier alpha value is -1.16. The molecule has 4 heteroatoms. The van der Waals surface area contributed by atoms with Crippen molar-refractivity contribution >= 4 is 23.0 Å². The maximum Gasteiger partial charge on any atom is 0.170 e. The van der Waals surface area contributed by atoms with Gasteiger partial charge in [0.05, 0.1) is 5.69 Å². The first-order valence-electron chi connectivity index (χ1n) is 5.30. The topological polar surface area (TPSA) is 24.1 Å². The van der Waals surface area contributed by atoms with Gasteiger partial charge < -0.3 is 10.6 Å². The van der Waals surface area contributed by atoms with Gasteiger partial charge in [-0.25, -0.2) is 4.39 Å². The monoisotopic (exact) mass is 240 g/mol. The van der Waals surface area contributed by atoms with Crippen LogP contribution in [0.3, 0.4) is 0 Å². The molecule has 88 valence electrons. The fraction of sp³-hybridized carbons (Fsp3) is 0.417. The predicted octanol–water partition coefficient (Wildman–Crippen LogP) is 3.08. The molecule has 2 nitrogen and oxygen atoms in total. The summed E-state index contributed by atoms with van der Waals surface area (Å²) in [5, 5.41) is 6.32. The first-order chi connectivity index (χ1) is 7.49. The highest BCUT2D eigenvalue weighted by Gasteiger charge is 2.04. The maximum atomic E-state index is 13.5. The van der Waals surface area contributed by atoms with Gasteiger partial charge in [0.1, 0.15) is 5.82 Å². The van der Waals surface area contributed by atoms with Gasteiger partial charge in [-0.1, -0.05) is 19.9 Å². The molecule has 1 aromatic carbocycles. The van der Waals surface area contributed by atoms with Crippen molar-refractivity contribution in [3.63, 3.8) is 0 Å². The largest absolute Gasteiger partial charge is 0.362 e. The molecule has 0 atom stereocenters. The molecule has 0 amide bonds. The van der Waals surface area contributed by atoms with Crippen LogP contribution < -0.4 is 10.6 Å². The van der Waals surface area contributed by atoms with Gasteiger partial charge >= 0.3 is 0 Å². The molecule has 0 spiro atoms. The van der Waals surface area contributed by atoms with E-state index in [2.05, 4.69) is 24.5 Å². The van der Waals surface area contributed by atoms with Crippen LogP contribution in [0.5, 0.6) is 0 Å². The Morgan fingerprint density at radius 2 is 2.12 bits per heavy atom. The smallest absolute Gasteiger partial charge is 0.170 e. The van der Waals surface area contributed by atoms with Crippen LogP contribution in [0.1, 0.15) is 19.4 Å². The van der Waals surface area contributed by atoms with Crippen LogP contribution in [0, 0.1) is 18.7 Å². The molecule has 0 aliphatic rings. The fourth-order valence-electron chi connectivity index (χ4n) is 1.18. The summed E-state index contributed by atoms with van der Waals surface area (Å²) in [6.45, 7) is 6.80. The average Bonchev–Trinajstić information content (AvgIpc) is 2.19. The van der Waals surface area contributed by atoms with E-state index in [4.69, 9.17) is 12.2 Å². The number of nitrogens with one attached hydrogen (secondary N) is 2. The van der Waals surface area contributed by atoms with Gasteiger partial charge in [-0.15, -0.1) is 0 Å². The molecule has 0 saturated carbocycles. The number of anilines is 1. The molecule has 1 aromatic rings. The number of halogens is 1. The Labute approximate surface area is 101 Å². The third-order valence-corrected chi connectivity index (χ3v) is 2.29. The minimum atomic E-state index is -0.284. The first kappa shape index (κ1) is 12.9. The van der Waals surface area contributed by atoms with E-state index < -0.39 is 0 Å². The molecular formula is C12H17FN2S. The highest BCUT2D eigenvalue weighted by molar-refractivity contribution is 7.80. The summed E-state index contributed by atoms with van der Waals surface area (Å²) in [6, 6.07) is 5.01. The van der Waals surface area contributed by atoms with Gasteiger partial charge in [-0.05, 0) is 42.8 Å². The maximum absolute atomic E-state index is 13.5. The molecule has 16 heavy (non-hydrogen) atoms. The van der Waals surface area contributed by atoms with Crippen LogP contribution in [0.15, 0.2) is 18.2 Å². The zero-order valence-corrected chi connectivity index (χ0v) is 10.6. The van der Waals surface area contributed by atoms with E-state index in [1.165, 1.54) is 6.07 Å². The van der Waals surface area contributed by atoms with Crippen molar-refractivity contribution < 1.29 is 4.39 Å². The highest BCUT2D eigenvalue weighted by Crippen LogP contribution is 2.14. The Morgan fingerprint density at radius 1 is 1.44 bits per heavy atom. The Balaban J connectivity index is 2.56. The van der Waals surface area contributed by atoms with Crippen LogP contribution >= 0.6 is 12.2 Å². The molecule has 0 heterocycles. The lowest BCUT2D eigenvalue weighted by Crippen LogP contribution is -2.31. The lowest BCUT2D eigenvalue weighted by atomic mass is 10.2. The fourth-order valence-corrected chi connectivity index (χ4v) is 1.38. The molecule has 0 fully saturated rings. The third-order valence-electron chi connectivity index (χ3n) is 2.04. The number of rotatable bonds is 3. The van der Waals surface area contributed by atoms with E-state index in [9.17, 15) is 4.39 Å². The van der Waals surface area contributed by atoms with E-state index in [-0.39, 0.29) is 5.82 Å². The summed E-state index contributed by atoms with van der Waals surface area (Å²) in [5.41, 5.74) is 1.30. The van der Waals surface area contributed by atoms with E-state index in [1.807, 2.05) is 13.0 Å². The van der Waals surface area contributed by atoms with Crippen molar-refractivity contribution in [2.45, 2.75) is 20.8 Å². The van der Waals surface area contributed by atoms with Crippen molar-refractivity contribution in [2.24, 2.45) is 5.92 Å². The summed E-state index contributed by atoms with van der Waals surface area (Å²) in [5.74, 6) is 0.219. The quantitative estimate of drug-likeness (QED) is 0.794. The number of aryl methyl sites for hydroxylation is 1. The molecule has 0 aromatic heterocycles. The Bertz CT molecular complexity index is 377. The second-order valence-electron chi connectivity index (χ2n) is 4.21. The van der Waals surface area contributed by atoms with Gasteiger partial charge in [0.2, 0.25) is 0 Å². The van der Waals surface area contributed by atoms with Crippen molar-refractivity contribution in [3.8, 4) is 0 Å². The summed E-state index contributed by atoms with van der Waals surface area (Å²) in [7, 11) is 0. The SMILES string of the molecule is Cc1ccc(NC(=S)NCC(C)C)c(F)c1. The number of hydrogen-bond donors (Lipinski definition) is 2. The van der Waals surface area contributed by atoms with E-state index in [0.717, 1.165) is 12.1 Å². The van der Waals surface area contributed by atoms with Crippen LogP contribution in [-0.2, 0) is 0 Å². The molecule has 0 aliphatic heterocycles. The van der Waals surface area contributed by atoms with E-state index in [0.29, 0.717) is 16.7 Å². The van der Waals surface area contributed by atoms with Gasteiger partial charge in [0.15, 0.2) is 5.11 Å². The predicted molar refractivity (Wildman–Crippen MR) is 70.2 cm³/mol. The van der Waals surface area contributed by atoms with Crippen molar-refractivity contribution in [2.75, 3.05) is 11.9 Å². The van der Waals surface area contributed by atoms with E-state index >= 15 is 0 Å². The van der Waals surface area contributed by atoms with Gasteiger partial charge in [-0.3, -0.25) is 0 Å². The number of hydrogen-bond acceptors (Lipinski definition) is 1. The second-order valence-corrected chi connectivity index (χ2v) is 4.62. The Kier molecular flexibility index (Phi) is 4.68. The molecular weight excluding hydrogens is 223 g/mol. The number of benzene rings is 1. The van der Waals surface area contributed by atoms with Gasteiger partial charge in [0, 0.05) is 6.54 Å². The normalized spacial score (nSPS) is 10.3. The van der Waals surface area contributed by atoms with Crippen LogP contribution in [0.2, 0.25) is 0 Å². The van der Waals surface area contributed by atoms with Gasteiger partial charge in [-0.2, -0.15) is 0 Å². The van der Waals surface area contributed by atoms with Crippen LogP contribution in [0.25, 0.3) is 0 Å². The molecule has 0 bridgehead atoms. The lowest BCUT2D eigenvalue weighted by molar-refractivity contribution is 0.624. The van der Waals surface area contributed by atoms with Crippen LogP contribution in [-0.4, -0.2) is 11.7 Å². The molecule has 0 aliphatic carbocycles. The van der Waals surface area contributed by atoms with Crippen LogP contribution in [0.4, 0.5) is 10.1 Å². The summed E-state index contributed by atoms with van der Waals surface area (Å²) < 4.78 is 13.5. The average molecular weight is 240 g/mol. The standard InChI is InChI=1S/C12H17FN2S/c1-8(2)7-14-12(16)15-11-5-4-9(3)6-10(11)13/h4-6,8H,7H2,1-3H3,(H2,14,15,16). The molecule has 0 radical (unpaired) electrons. The minimum absolute atomic E-state index is 0.284. The Morgan fingerprint density at radius 3 is 2.69 bits per heavy atom. The van der Waals surface area contributed by atoms with E-state index in [1.54, 1.807) is 6.07 Å². The number of thiocarbonyl (C=S) groups is 1.